The normalized spacial score (nSPS) is 11.1. The minimum atomic E-state index is 0.366. The second-order valence-electron chi connectivity index (χ2n) is 6.43. The van der Waals surface area contributed by atoms with Gasteiger partial charge >= 0.3 is 0 Å². The van der Waals surface area contributed by atoms with Crippen molar-refractivity contribution in [2.45, 2.75) is 6.16 Å². The maximum absolute atomic E-state index is 6.18. The molecule has 4 aromatic carbocycles. The number of hydrogen-bond acceptors (Lipinski definition) is 0. The van der Waals surface area contributed by atoms with Crippen LogP contribution in [0.25, 0.3) is 33.4 Å². The highest BCUT2D eigenvalue weighted by Crippen LogP contribution is 2.43. The van der Waals surface area contributed by atoms with E-state index in [2.05, 4.69) is 103 Å². The molecule has 2 heteroatoms. The minimum Gasteiger partial charge on any atom is -0.0997 e. The molecule has 4 rings (SSSR count). The Bertz CT molecular complexity index is 1010. The van der Waals surface area contributed by atoms with Crippen LogP contribution in [-0.2, 0) is 6.16 Å². The molecule has 0 nitrogen and oxygen atoms in total. The van der Waals surface area contributed by atoms with Crippen LogP contribution in [0.5, 0.6) is 0 Å². The van der Waals surface area contributed by atoms with Crippen molar-refractivity contribution < 1.29 is 0 Å². The Morgan fingerprint density at radius 1 is 0.519 bits per heavy atom. The van der Waals surface area contributed by atoms with Gasteiger partial charge in [-0.1, -0.05) is 114 Å². The van der Waals surface area contributed by atoms with Gasteiger partial charge in [-0.05, 0) is 46.9 Å². The standard InChI is InChI=1S/C25H20ClP/c26-27-18-22-16-17-23(19-10-4-1-5-11-19)25(21-14-8-3-9-15-21)24(22)20-12-6-2-7-13-20/h1-17,27H,18H2. The van der Waals surface area contributed by atoms with Gasteiger partial charge in [-0.2, -0.15) is 0 Å². The van der Waals surface area contributed by atoms with E-state index in [1.54, 1.807) is 0 Å². The van der Waals surface area contributed by atoms with E-state index in [-0.39, 0.29) is 0 Å². The molecule has 0 aromatic heterocycles. The average molecular weight is 387 g/mol. The summed E-state index contributed by atoms with van der Waals surface area (Å²) in [5, 5.41) is 0. The molecule has 0 radical (unpaired) electrons. The summed E-state index contributed by atoms with van der Waals surface area (Å²) in [5.41, 5.74) is 8.81. The SMILES string of the molecule is ClPCc1ccc(-c2ccccc2)c(-c2ccccc2)c1-c1ccccc1. The second kappa shape index (κ2) is 8.53. The minimum absolute atomic E-state index is 0.366. The van der Waals surface area contributed by atoms with Crippen molar-refractivity contribution in [1.82, 2.24) is 0 Å². The Balaban J connectivity index is 2.08. The molecule has 0 saturated carbocycles. The molecule has 0 aliphatic heterocycles. The first-order chi connectivity index (χ1) is 13.4. The van der Waals surface area contributed by atoms with Crippen LogP contribution < -0.4 is 0 Å². The van der Waals surface area contributed by atoms with Gasteiger partial charge in [-0.15, -0.1) is 0 Å². The van der Waals surface area contributed by atoms with E-state index in [1.165, 1.54) is 38.9 Å². The monoisotopic (exact) mass is 386 g/mol. The van der Waals surface area contributed by atoms with Crippen LogP contribution in [0.4, 0.5) is 0 Å². The van der Waals surface area contributed by atoms with Gasteiger partial charge in [0, 0.05) is 6.16 Å². The molecule has 1 atom stereocenters. The molecular weight excluding hydrogens is 367 g/mol. The summed E-state index contributed by atoms with van der Waals surface area (Å²) in [5.74, 6) is 0. The van der Waals surface area contributed by atoms with E-state index in [0.29, 0.717) is 7.93 Å². The van der Waals surface area contributed by atoms with Crippen LogP contribution in [0, 0.1) is 0 Å². The Labute approximate surface area is 167 Å². The summed E-state index contributed by atoms with van der Waals surface area (Å²) in [4.78, 5) is 0. The van der Waals surface area contributed by atoms with Crippen molar-refractivity contribution in [2.24, 2.45) is 0 Å². The molecule has 0 spiro atoms. The maximum atomic E-state index is 6.18. The zero-order valence-electron chi connectivity index (χ0n) is 14.9. The Morgan fingerprint density at radius 3 is 1.52 bits per heavy atom. The van der Waals surface area contributed by atoms with Crippen molar-refractivity contribution >= 4 is 19.2 Å². The molecule has 1 unspecified atom stereocenters. The van der Waals surface area contributed by atoms with E-state index in [1.807, 2.05) is 0 Å². The molecule has 0 amide bonds. The van der Waals surface area contributed by atoms with E-state index in [9.17, 15) is 0 Å². The zero-order valence-corrected chi connectivity index (χ0v) is 16.7. The highest BCUT2D eigenvalue weighted by molar-refractivity contribution is 7.67. The van der Waals surface area contributed by atoms with Gasteiger partial charge in [0.25, 0.3) is 0 Å². The van der Waals surface area contributed by atoms with Gasteiger partial charge in [-0.25, -0.2) is 0 Å². The van der Waals surface area contributed by atoms with Crippen LogP contribution in [0.1, 0.15) is 5.56 Å². The second-order valence-corrected chi connectivity index (χ2v) is 7.85. The van der Waals surface area contributed by atoms with Gasteiger partial charge in [0.1, 0.15) is 0 Å². The largest absolute Gasteiger partial charge is 0.0997 e. The Kier molecular flexibility index (Phi) is 5.68. The van der Waals surface area contributed by atoms with Crippen LogP contribution in [0.3, 0.4) is 0 Å². The summed E-state index contributed by atoms with van der Waals surface area (Å²) in [6, 6.07) is 36.4. The number of halogens is 1. The van der Waals surface area contributed by atoms with Crippen molar-refractivity contribution in [3.05, 3.63) is 109 Å². The topological polar surface area (TPSA) is 0 Å². The highest BCUT2D eigenvalue weighted by Gasteiger charge is 2.17. The van der Waals surface area contributed by atoms with Crippen molar-refractivity contribution in [3.8, 4) is 33.4 Å². The Morgan fingerprint density at radius 2 is 1.00 bits per heavy atom. The van der Waals surface area contributed by atoms with Crippen LogP contribution in [-0.4, -0.2) is 0 Å². The molecule has 4 aromatic rings. The quantitative estimate of drug-likeness (QED) is 0.304. The summed E-state index contributed by atoms with van der Waals surface area (Å²) >= 11 is 6.18. The fourth-order valence-corrected chi connectivity index (χ4v) is 4.43. The summed E-state index contributed by atoms with van der Waals surface area (Å²) in [6.45, 7) is 0. The van der Waals surface area contributed by atoms with Gasteiger partial charge in [0.2, 0.25) is 0 Å². The van der Waals surface area contributed by atoms with E-state index in [0.717, 1.165) is 6.16 Å². The lowest BCUT2D eigenvalue weighted by molar-refractivity contribution is 1.40. The van der Waals surface area contributed by atoms with Crippen molar-refractivity contribution in [1.29, 1.82) is 0 Å². The van der Waals surface area contributed by atoms with Crippen molar-refractivity contribution in [2.75, 3.05) is 0 Å². The maximum Gasteiger partial charge on any atom is 0.00448 e. The highest BCUT2D eigenvalue weighted by atomic mass is 35.7. The van der Waals surface area contributed by atoms with Gasteiger partial charge in [0.05, 0.1) is 0 Å². The molecule has 132 valence electrons. The summed E-state index contributed by atoms with van der Waals surface area (Å²) in [6.07, 6.45) is 0.876. The Hall–Kier alpha value is -2.40. The molecule has 0 aliphatic carbocycles. The molecule has 27 heavy (non-hydrogen) atoms. The smallest absolute Gasteiger partial charge is 0.00448 e. The number of rotatable bonds is 5. The molecule has 0 aliphatic rings. The molecule has 0 bridgehead atoms. The van der Waals surface area contributed by atoms with Crippen molar-refractivity contribution in [3.63, 3.8) is 0 Å². The summed E-state index contributed by atoms with van der Waals surface area (Å²) in [7, 11) is 0.366. The predicted octanol–water partition coefficient (Wildman–Crippen LogP) is 8.02. The zero-order chi connectivity index (χ0) is 18.5. The first kappa shape index (κ1) is 18.0. The third-order valence-corrected chi connectivity index (χ3v) is 5.67. The van der Waals surface area contributed by atoms with Gasteiger partial charge in [-0.3, -0.25) is 0 Å². The number of hydrogen-bond donors (Lipinski definition) is 0. The molecule has 0 heterocycles. The fraction of sp³-hybridized carbons (Fsp3) is 0.0400. The van der Waals surface area contributed by atoms with Crippen LogP contribution >= 0.6 is 19.2 Å². The third-order valence-electron chi connectivity index (χ3n) is 4.76. The first-order valence-electron chi connectivity index (χ1n) is 9.04. The lowest BCUT2D eigenvalue weighted by Gasteiger charge is -2.20. The lowest BCUT2D eigenvalue weighted by atomic mass is 9.85. The van der Waals surface area contributed by atoms with E-state index in [4.69, 9.17) is 11.2 Å². The van der Waals surface area contributed by atoms with E-state index >= 15 is 0 Å². The molecule has 0 saturated heterocycles. The van der Waals surface area contributed by atoms with Gasteiger partial charge in [0.15, 0.2) is 0 Å². The molecule has 0 N–H and O–H groups in total. The lowest BCUT2D eigenvalue weighted by Crippen LogP contribution is -1.95. The van der Waals surface area contributed by atoms with E-state index < -0.39 is 0 Å². The number of benzene rings is 4. The van der Waals surface area contributed by atoms with Crippen LogP contribution in [0.2, 0.25) is 0 Å². The van der Waals surface area contributed by atoms with Gasteiger partial charge < -0.3 is 0 Å². The molecular formula is C25H20ClP. The average Bonchev–Trinajstić information content (AvgIpc) is 2.75. The third kappa shape index (κ3) is 3.83. The predicted molar refractivity (Wildman–Crippen MR) is 121 cm³/mol. The van der Waals surface area contributed by atoms with Crippen LogP contribution in [0.15, 0.2) is 103 Å². The molecule has 0 fully saturated rings. The first-order valence-corrected chi connectivity index (χ1v) is 11.3. The summed E-state index contributed by atoms with van der Waals surface area (Å²) < 4.78 is 0. The fourth-order valence-electron chi connectivity index (χ4n) is 3.56.